The average Bonchev–Trinajstić information content (AvgIpc) is 2.55. The number of hydrogen-bond acceptors (Lipinski definition) is 4. The van der Waals surface area contributed by atoms with Gasteiger partial charge in [0.2, 0.25) is 0 Å². The summed E-state index contributed by atoms with van der Waals surface area (Å²) in [5.74, 6) is -0.932. The van der Waals surface area contributed by atoms with Gasteiger partial charge in [-0.05, 0) is 52.4 Å². The van der Waals surface area contributed by atoms with Gasteiger partial charge in [-0.2, -0.15) is 0 Å². The highest BCUT2D eigenvalue weighted by Crippen LogP contribution is 2.22. The van der Waals surface area contributed by atoms with Gasteiger partial charge < -0.3 is 9.47 Å². The molecule has 22 heavy (non-hydrogen) atoms. The van der Waals surface area contributed by atoms with Gasteiger partial charge in [-0.3, -0.25) is 0 Å². The minimum absolute atomic E-state index is 0.176. The van der Waals surface area contributed by atoms with Crippen molar-refractivity contribution < 1.29 is 19.1 Å². The molecule has 0 atom stereocenters. The minimum Gasteiger partial charge on any atom is -0.465 e. The van der Waals surface area contributed by atoms with Gasteiger partial charge in [-0.15, -0.1) is 0 Å². The lowest BCUT2D eigenvalue weighted by Crippen LogP contribution is -2.10. The van der Waals surface area contributed by atoms with Gasteiger partial charge in [-0.25, -0.2) is 9.59 Å². The van der Waals surface area contributed by atoms with Crippen molar-refractivity contribution in [2.75, 3.05) is 7.11 Å². The van der Waals surface area contributed by atoms with Crippen LogP contribution < -0.4 is 4.74 Å². The Bertz CT molecular complexity index is 708. The first-order chi connectivity index (χ1) is 10.6. The second-order valence-corrected chi connectivity index (χ2v) is 5.54. The molecule has 0 N–H and O–H groups in total. The molecule has 5 heteroatoms. The van der Waals surface area contributed by atoms with Crippen LogP contribution in [0.3, 0.4) is 0 Å². The van der Waals surface area contributed by atoms with Gasteiger partial charge in [0.1, 0.15) is 11.3 Å². The topological polar surface area (TPSA) is 52.6 Å². The van der Waals surface area contributed by atoms with Crippen molar-refractivity contribution in [1.82, 2.24) is 0 Å². The molecular weight excluding hydrogens is 395 g/mol. The molecular formula is C17H13IO4. The molecule has 0 aliphatic rings. The smallest absolute Gasteiger partial charge is 0.341 e. The summed E-state index contributed by atoms with van der Waals surface area (Å²) < 4.78 is 10.8. The summed E-state index contributed by atoms with van der Waals surface area (Å²) in [6, 6.07) is 14.3. The highest BCUT2D eigenvalue weighted by Gasteiger charge is 2.15. The van der Waals surface area contributed by atoms with Crippen LogP contribution in [-0.2, 0) is 9.53 Å². The van der Waals surface area contributed by atoms with E-state index in [-0.39, 0.29) is 11.3 Å². The Hall–Kier alpha value is -2.15. The Morgan fingerprint density at radius 1 is 1.09 bits per heavy atom. The average molecular weight is 408 g/mol. The van der Waals surface area contributed by atoms with Crippen molar-refractivity contribution in [1.29, 1.82) is 0 Å². The molecule has 0 unspecified atom stereocenters. The van der Waals surface area contributed by atoms with Crippen molar-refractivity contribution in [3.8, 4) is 5.75 Å². The lowest BCUT2D eigenvalue weighted by atomic mass is 10.2. The van der Waals surface area contributed by atoms with Crippen LogP contribution in [-0.4, -0.2) is 19.0 Å². The van der Waals surface area contributed by atoms with Gasteiger partial charge in [0.25, 0.3) is 0 Å². The third-order valence-electron chi connectivity index (χ3n) is 2.77. The fourth-order valence-corrected chi connectivity index (χ4v) is 2.22. The molecule has 0 amide bonds. The molecule has 0 heterocycles. The zero-order valence-corrected chi connectivity index (χ0v) is 13.9. The number of hydrogen-bond donors (Lipinski definition) is 0. The molecule has 112 valence electrons. The van der Waals surface area contributed by atoms with E-state index in [1.807, 2.05) is 30.3 Å². The second kappa shape index (κ2) is 7.74. The number of esters is 2. The molecule has 4 nitrogen and oxygen atoms in total. The molecule has 2 aromatic carbocycles. The standard InChI is InChI=1S/C17H13IO4/c1-21-17(20)14-11-13(18)8-9-15(14)22-16(19)10-7-12-5-3-2-4-6-12/h2-11H,1H3/b10-7+. The maximum Gasteiger partial charge on any atom is 0.341 e. The van der Waals surface area contributed by atoms with Crippen LogP contribution in [0.2, 0.25) is 0 Å². The minimum atomic E-state index is -0.560. The Labute approximate surface area is 141 Å². The number of carbonyl (C=O) groups excluding carboxylic acids is 2. The monoisotopic (exact) mass is 408 g/mol. The van der Waals surface area contributed by atoms with E-state index < -0.39 is 11.9 Å². The zero-order valence-electron chi connectivity index (χ0n) is 11.8. The van der Waals surface area contributed by atoms with Crippen molar-refractivity contribution in [2.24, 2.45) is 0 Å². The Morgan fingerprint density at radius 3 is 2.50 bits per heavy atom. The molecule has 2 rings (SSSR count). The SMILES string of the molecule is COC(=O)c1cc(I)ccc1OC(=O)/C=C/c1ccccc1. The van der Waals surface area contributed by atoms with Crippen molar-refractivity contribution >= 4 is 40.6 Å². The molecule has 0 fully saturated rings. The predicted octanol–water partition coefficient (Wildman–Crippen LogP) is 3.70. The zero-order chi connectivity index (χ0) is 15.9. The summed E-state index contributed by atoms with van der Waals surface area (Å²) in [4.78, 5) is 23.6. The molecule has 0 radical (unpaired) electrons. The Kier molecular flexibility index (Phi) is 5.71. The normalized spacial score (nSPS) is 10.5. The summed E-state index contributed by atoms with van der Waals surface area (Å²) >= 11 is 2.07. The van der Waals surface area contributed by atoms with E-state index in [2.05, 4.69) is 22.6 Å². The lowest BCUT2D eigenvalue weighted by molar-refractivity contribution is -0.128. The maximum absolute atomic E-state index is 11.9. The van der Waals surface area contributed by atoms with Crippen molar-refractivity contribution in [3.05, 3.63) is 69.3 Å². The number of benzene rings is 2. The van der Waals surface area contributed by atoms with Crippen molar-refractivity contribution in [2.45, 2.75) is 0 Å². The highest BCUT2D eigenvalue weighted by molar-refractivity contribution is 14.1. The lowest BCUT2D eigenvalue weighted by Gasteiger charge is -2.07. The van der Waals surface area contributed by atoms with Crippen LogP contribution in [0.1, 0.15) is 15.9 Å². The van der Waals surface area contributed by atoms with E-state index in [0.717, 1.165) is 9.13 Å². The van der Waals surface area contributed by atoms with Gasteiger partial charge in [0.15, 0.2) is 0 Å². The van der Waals surface area contributed by atoms with E-state index in [1.165, 1.54) is 13.2 Å². The van der Waals surface area contributed by atoms with Gasteiger partial charge >= 0.3 is 11.9 Å². The third-order valence-corrected chi connectivity index (χ3v) is 3.44. The molecule has 0 spiro atoms. The quantitative estimate of drug-likeness (QED) is 0.335. The van der Waals surface area contributed by atoms with E-state index in [9.17, 15) is 9.59 Å². The molecule has 0 bridgehead atoms. The fraction of sp³-hybridized carbons (Fsp3) is 0.0588. The molecule has 2 aromatic rings. The number of rotatable bonds is 4. The third kappa shape index (κ3) is 4.42. The maximum atomic E-state index is 11.9. The molecule has 0 saturated carbocycles. The number of halogens is 1. The molecule has 0 saturated heterocycles. The first kappa shape index (κ1) is 16.2. The van der Waals surface area contributed by atoms with Crippen LogP contribution >= 0.6 is 22.6 Å². The van der Waals surface area contributed by atoms with Crippen LogP contribution in [0, 0.1) is 3.57 Å². The summed E-state index contributed by atoms with van der Waals surface area (Å²) in [6.07, 6.45) is 2.96. The number of carbonyl (C=O) groups is 2. The van der Waals surface area contributed by atoms with Gasteiger partial charge in [0, 0.05) is 9.65 Å². The van der Waals surface area contributed by atoms with E-state index in [4.69, 9.17) is 9.47 Å². The van der Waals surface area contributed by atoms with Gasteiger partial charge in [0.05, 0.1) is 7.11 Å². The van der Waals surface area contributed by atoms with Crippen LogP contribution in [0.4, 0.5) is 0 Å². The Balaban J connectivity index is 2.15. The van der Waals surface area contributed by atoms with Crippen LogP contribution in [0.5, 0.6) is 5.75 Å². The first-order valence-electron chi connectivity index (χ1n) is 6.43. The van der Waals surface area contributed by atoms with E-state index in [0.29, 0.717) is 0 Å². The molecule has 0 aliphatic heterocycles. The summed E-state index contributed by atoms with van der Waals surface area (Å²) in [5.41, 5.74) is 1.10. The fourth-order valence-electron chi connectivity index (χ4n) is 1.73. The largest absolute Gasteiger partial charge is 0.465 e. The van der Waals surface area contributed by atoms with Crippen LogP contribution in [0.25, 0.3) is 6.08 Å². The number of ether oxygens (including phenoxy) is 2. The first-order valence-corrected chi connectivity index (χ1v) is 7.51. The number of methoxy groups -OCH3 is 1. The summed E-state index contributed by atoms with van der Waals surface area (Å²) in [7, 11) is 1.28. The second-order valence-electron chi connectivity index (χ2n) is 4.30. The molecule has 0 aliphatic carbocycles. The molecule has 0 aromatic heterocycles. The summed E-state index contributed by atoms with van der Waals surface area (Å²) in [5, 5.41) is 0. The highest BCUT2D eigenvalue weighted by atomic mass is 127. The van der Waals surface area contributed by atoms with E-state index >= 15 is 0 Å². The van der Waals surface area contributed by atoms with Crippen LogP contribution in [0.15, 0.2) is 54.6 Å². The Morgan fingerprint density at radius 2 is 1.82 bits per heavy atom. The predicted molar refractivity (Wildman–Crippen MR) is 91.6 cm³/mol. The van der Waals surface area contributed by atoms with E-state index in [1.54, 1.807) is 24.3 Å². The van der Waals surface area contributed by atoms with Gasteiger partial charge in [-0.1, -0.05) is 30.3 Å². The summed E-state index contributed by atoms with van der Waals surface area (Å²) in [6.45, 7) is 0. The van der Waals surface area contributed by atoms with Crippen molar-refractivity contribution in [3.63, 3.8) is 0 Å².